The van der Waals surface area contributed by atoms with Crippen LogP contribution < -0.4 is 0 Å². The van der Waals surface area contributed by atoms with Crippen molar-refractivity contribution in [1.82, 2.24) is 14.7 Å². The molecule has 1 amide bonds. The molecule has 0 radical (unpaired) electrons. The number of carbonyl (C=O) groups excluding carboxylic acids is 1. The van der Waals surface area contributed by atoms with E-state index in [1.54, 1.807) is 19.1 Å². The van der Waals surface area contributed by atoms with Gasteiger partial charge in [-0.1, -0.05) is 24.3 Å². The molecule has 28 heavy (non-hydrogen) atoms. The molecule has 0 spiro atoms. The summed E-state index contributed by atoms with van der Waals surface area (Å²) >= 11 is 0. The van der Waals surface area contributed by atoms with Crippen LogP contribution in [0.15, 0.2) is 24.3 Å². The lowest BCUT2D eigenvalue weighted by Crippen LogP contribution is -2.44. The maximum absolute atomic E-state index is 12.9. The lowest BCUT2D eigenvalue weighted by molar-refractivity contribution is -0.151. The lowest BCUT2D eigenvalue weighted by atomic mass is 9.92. The van der Waals surface area contributed by atoms with Crippen molar-refractivity contribution in [1.29, 1.82) is 0 Å². The third-order valence-corrected chi connectivity index (χ3v) is 5.03. The summed E-state index contributed by atoms with van der Waals surface area (Å²) in [5.41, 5.74) is 2.43. The van der Waals surface area contributed by atoms with Gasteiger partial charge in [0.05, 0.1) is 12.1 Å². The molecule has 2 aromatic rings. The number of halogens is 3. The van der Waals surface area contributed by atoms with E-state index >= 15 is 0 Å². The Labute approximate surface area is 159 Å². The number of hydrogen-bond acceptors (Lipinski definition) is 3. The van der Waals surface area contributed by atoms with Crippen LogP contribution in [0.3, 0.4) is 0 Å². The van der Waals surface area contributed by atoms with Crippen LogP contribution in [0.5, 0.6) is 0 Å². The number of aromatic nitrogens is 2. The molecule has 9 heteroatoms. The van der Waals surface area contributed by atoms with Crippen molar-refractivity contribution in [3.63, 3.8) is 0 Å². The zero-order valence-corrected chi connectivity index (χ0v) is 15.5. The number of carboxylic acids is 1. The van der Waals surface area contributed by atoms with Crippen molar-refractivity contribution in [3.8, 4) is 0 Å². The normalized spacial score (nSPS) is 16.8. The Morgan fingerprint density at radius 1 is 1.25 bits per heavy atom. The van der Waals surface area contributed by atoms with Gasteiger partial charge in [-0.25, -0.2) is 4.79 Å². The lowest BCUT2D eigenvalue weighted by Gasteiger charge is -2.35. The summed E-state index contributed by atoms with van der Waals surface area (Å²) in [5.74, 6) is -1.58. The van der Waals surface area contributed by atoms with Gasteiger partial charge in [0.15, 0.2) is 6.04 Å². The number of hydrogen-bond donors (Lipinski definition) is 1. The summed E-state index contributed by atoms with van der Waals surface area (Å²) in [6, 6.07) is 5.95. The standard InChI is InChI=1S/C19H20F3N3O3/c1-11-15(12(2)25(23-11)10-19(20,21)22)9-16(26)24-8-7-13-5-3-4-6-14(13)17(24)18(27)28/h3-6,17H,7-10H2,1-2H3,(H,27,28). The van der Waals surface area contributed by atoms with Crippen LogP contribution in [0.25, 0.3) is 0 Å². The monoisotopic (exact) mass is 395 g/mol. The van der Waals surface area contributed by atoms with Crippen LogP contribution in [0.1, 0.15) is 34.1 Å². The molecule has 1 aliphatic heterocycles. The van der Waals surface area contributed by atoms with Gasteiger partial charge in [-0.2, -0.15) is 18.3 Å². The molecule has 1 atom stereocenters. The number of aliphatic carboxylic acids is 1. The third-order valence-electron chi connectivity index (χ3n) is 5.03. The summed E-state index contributed by atoms with van der Waals surface area (Å²) in [5, 5.41) is 13.6. The highest BCUT2D eigenvalue weighted by atomic mass is 19.4. The molecular formula is C19H20F3N3O3. The first kappa shape index (κ1) is 19.9. The molecule has 0 aliphatic carbocycles. The van der Waals surface area contributed by atoms with Crippen molar-refractivity contribution in [3.05, 3.63) is 52.3 Å². The van der Waals surface area contributed by atoms with Gasteiger partial charge in [-0.15, -0.1) is 0 Å². The van der Waals surface area contributed by atoms with Gasteiger partial charge in [0.25, 0.3) is 0 Å². The first-order valence-corrected chi connectivity index (χ1v) is 8.78. The van der Waals surface area contributed by atoms with E-state index in [0.717, 1.165) is 10.2 Å². The summed E-state index contributed by atoms with van der Waals surface area (Å²) < 4.78 is 38.9. The molecule has 0 saturated heterocycles. The summed E-state index contributed by atoms with van der Waals surface area (Å²) in [4.78, 5) is 26.0. The van der Waals surface area contributed by atoms with Crippen LogP contribution in [-0.4, -0.2) is 44.4 Å². The van der Waals surface area contributed by atoms with E-state index in [9.17, 15) is 27.9 Å². The van der Waals surface area contributed by atoms with Crippen molar-refractivity contribution >= 4 is 11.9 Å². The molecule has 2 heterocycles. The topological polar surface area (TPSA) is 75.4 Å². The molecular weight excluding hydrogens is 375 g/mol. The molecule has 6 nitrogen and oxygen atoms in total. The number of fused-ring (bicyclic) bond motifs is 1. The van der Waals surface area contributed by atoms with Gasteiger partial charge >= 0.3 is 12.1 Å². The average molecular weight is 395 g/mol. The predicted molar refractivity (Wildman–Crippen MR) is 93.7 cm³/mol. The molecule has 1 aromatic heterocycles. The molecule has 1 aromatic carbocycles. The summed E-state index contributed by atoms with van der Waals surface area (Å²) in [6.07, 6.45) is -4.09. The number of aryl methyl sites for hydroxylation is 1. The Kier molecular flexibility index (Phi) is 5.18. The van der Waals surface area contributed by atoms with E-state index in [-0.39, 0.29) is 18.7 Å². The zero-order valence-electron chi connectivity index (χ0n) is 15.5. The predicted octanol–water partition coefficient (Wildman–Crippen LogP) is 2.82. The smallest absolute Gasteiger partial charge is 0.408 e. The van der Waals surface area contributed by atoms with Gasteiger partial charge < -0.3 is 10.0 Å². The Balaban J connectivity index is 1.86. The summed E-state index contributed by atoms with van der Waals surface area (Å²) in [6.45, 7) is 2.03. The molecule has 1 unspecified atom stereocenters. The third kappa shape index (κ3) is 3.88. The number of rotatable bonds is 4. The van der Waals surface area contributed by atoms with E-state index in [2.05, 4.69) is 5.10 Å². The number of carbonyl (C=O) groups is 2. The minimum Gasteiger partial charge on any atom is -0.479 e. The first-order chi connectivity index (χ1) is 13.1. The second-order valence-corrected chi connectivity index (χ2v) is 6.88. The minimum atomic E-state index is -4.42. The SMILES string of the molecule is Cc1nn(CC(F)(F)F)c(C)c1CC(=O)N1CCc2ccccc2C1C(=O)O. The highest BCUT2D eigenvalue weighted by molar-refractivity contribution is 5.87. The van der Waals surface area contributed by atoms with E-state index in [1.165, 1.54) is 11.8 Å². The molecule has 1 aliphatic rings. The number of benzene rings is 1. The quantitative estimate of drug-likeness (QED) is 0.864. The van der Waals surface area contributed by atoms with Crippen LogP contribution >= 0.6 is 0 Å². The maximum atomic E-state index is 12.9. The Hall–Kier alpha value is -2.84. The highest BCUT2D eigenvalue weighted by Crippen LogP contribution is 2.31. The van der Waals surface area contributed by atoms with Crippen molar-refractivity contribution in [2.75, 3.05) is 6.54 Å². The number of amides is 1. The molecule has 150 valence electrons. The highest BCUT2D eigenvalue weighted by Gasteiger charge is 2.36. The molecule has 0 fully saturated rings. The van der Waals surface area contributed by atoms with E-state index in [0.29, 0.717) is 23.2 Å². The van der Waals surface area contributed by atoms with Crippen molar-refractivity contribution in [2.24, 2.45) is 0 Å². The summed E-state index contributed by atoms with van der Waals surface area (Å²) in [7, 11) is 0. The zero-order chi connectivity index (χ0) is 20.6. The molecule has 1 N–H and O–H groups in total. The first-order valence-electron chi connectivity index (χ1n) is 8.78. The van der Waals surface area contributed by atoms with Crippen LogP contribution in [0.4, 0.5) is 13.2 Å². The Morgan fingerprint density at radius 3 is 2.57 bits per heavy atom. The largest absolute Gasteiger partial charge is 0.479 e. The van der Waals surface area contributed by atoms with Crippen molar-refractivity contribution < 1.29 is 27.9 Å². The van der Waals surface area contributed by atoms with Gasteiger partial charge in [-0.3, -0.25) is 9.48 Å². The van der Waals surface area contributed by atoms with Crippen LogP contribution in [0, 0.1) is 13.8 Å². The molecule has 0 bridgehead atoms. The second-order valence-electron chi connectivity index (χ2n) is 6.88. The van der Waals surface area contributed by atoms with Crippen LogP contribution in [-0.2, 0) is 29.0 Å². The van der Waals surface area contributed by atoms with E-state index < -0.39 is 30.6 Å². The van der Waals surface area contributed by atoms with Gasteiger partial charge in [-0.05, 0) is 31.4 Å². The van der Waals surface area contributed by atoms with E-state index in [1.807, 2.05) is 12.1 Å². The van der Waals surface area contributed by atoms with Gasteiger partial charge in [0, 0.05) is 17.8 Å². The average Bonchev–Trinajstić information content (AvgIpc) is 2.86. The van der Waals surface area contributed by atoms with Crippen LogP contribution in [0.2, 0.25) is 0 Å². The maximum Gasteiger partial charge on any atom is 0.408 e. The van der Waals surface area contributed by atoms with E-state index in [4.69, 9.17) is 0 Å². The molecule has 0 saturated carbocycles. The fraction of sp³-hybridized carbons (Fsp3) is 0.421. The fourth-order valence-electron chi connectivity index (χ4n) is 3.67. The fourth-order valence-corrected chi connectivity index (χ4v) is 3.67. The number of carboxylic acid groups (broad SMARTS) is 1. The van der Waals surface area contributed by atoms with Gasteiger partial charge in [0.2, 0.25) is 5.91 Å². The minimum absolute atomic E-state index is 0.193. The molecule has 3 rings (SSSR count). The number of alkyl halides is 3. The Morgan fingerprint density at radius 2 is 1.93 bits per heavy atom. The number of nitrogens with zero attached hydrogens (tertiary/aromatic N) is 3. The second kappa shape index (κ2) is 7.29. The van der Waals surface area contributed by atoms with Crippen molar-refractivity contribution in [2.45, 2.75) is 45.5 Å². The van der Waals surface area contributed by atoms with Gasteiger partial charge in [0.1, 0.15) is 6.54 Å². The Bertz CT molecular complexity index is 921.